The summed E-state index contributed by atoms with van der Waals surface area (Å²) >= 11 is 0. The van der Waals surface area contributed by atoms with Gasteiger partial charge in [-0.15, -0.1) is 0 Å². The molecular weight excluding hydrogens is 190 g/mol. The van der Waals surface area contributed by atoms with E-state index in [1.165, 1.54) is 7.11 Å². The van der Waals surface area contributed by atoms with Crippen LogP contribution in [0.25, 0.3) is 0 Å². The first-order chi connectivity index (χ1) is 6.93. The van der Waals surface area contributed by atoms with Crippen molar-refractivity contribution in [2.45, 2.75) is 53.1 Å². The lowest BCUT2D eigenvalue weighted by atomic mass is 9.97. The Morgan fingerprint density at radius 2 is 1.73 bits per heavy atom. The number of carbonyl (C=O) groups excluding carboxylic acids is 1. The normalized spacial score (nSPS) is 15.5. The van der Waals surface area contributed by atoms with Gasteiger partial charge in [-0.05, 0) is 18.3 Å². The van der Waals surface area contributed by atoms with Crippen LogP contribution in [0.1, 0.15) is 41.0 Å². The number of esters is 1. The minimum Gasteiger partial charge on any atom is -0.468 e. The van der Waals surface area contributed by atoms with E-state index in [1.54, 1.807) is 0 Å². The van der Waals surface area contributed by atoms with Gasteiger partial charge in [0.2, 0.25) is 0 Å². The average Bonchev–Trinajstić information content (AvgIpc) is 2.17. The van der Waals surface area contributed by atoms with Crippen LogP contribution in [0.2, 0.25) is 0 Å². The molecular formula is C12H25NO2. The van der Waals surface area contributed by atoms with E-state index >= 15 is 0 Å². The average molecular weight is 215 g/mol. The minimum atomic E-state index is -0.192. The van der Waals surface area contributed by atoms with Crippen molar-refractivity contribution in [2.75, 3.05) is 7.11 Å². The van der Waals surface area contributed by atoms with Crippen molar-refractivity contribution in [1.82, 2.24) is 5.32 Å². The Kier molecular flexibility index (Phi) is 6.57. The number of carbonyl (C=O) groups is 1. The molecule has 0 saturated carbocycles. The highest BCUT2D eigenvalue weighted by atomic mass is 16.5. The third-order valence-electron chi connectivity index (χ3n) is 2.76. The largest absolute Gasteiger partial charge is 0.468 e. The molecule has 0 heterocycles. The van der Waals surface area contributed by atoms with Crippen LogP contribution in [0.4, 0.5) is 0 Å². The first-order valence-corrected chi connectivity index (χ1v) is 5.77. The standard InChI is InChI=1S/C12H25NO2/c1-7-10(8(2)3)13-11(9(4)5)12(14)15-6/h8-11,13H,7H2,1-6H3. The molecule has 0 saturated heterocycles. The Hall–Kier alpha value is -0.570. The van der Waals surface area contributed by atoms with E-state index in [-0.39, 0.29) is 17.9 Å². The van der Waals surface area contributed by atoms with Crippen molar-refractivity contribution in [3.05, 3.63) is 0 Å². The van der Waals surface area contributed by atoms with Crippen molar-refractivity contribution >= 4 is 5.97 Å². The van der Waals surface area contributed by atoms with Crippen molar-refractivity contribution < 1.29 is 9.53 Å². The van der Waals surface area contributed by atoms with Gasteiger partial charge in [0.15, 0.2) is 0 Å². The first-order valence-electron chi connectivity index (χ1n) is 5.77. The van der Waals surface area contributed by atoms with Crippen LogP contribution in [-0.2, 0) is 9.53 Å². The second-order valence-corrected chi connectivity index (χ2v) is 4.67. The maximum absolute atomic E-state index is 11.5. The van der Waals surface area contributed by atoms with E-state index in [2.05, 4.69) is 26.1 Å². The van der Waals surface area contributed by atoms with E-state index < -0.39 is 0 Å². The molecule has 0 aromatic heterocycles. The summed E-state index contributed by atoms with van der Waals surface area (Å²) in [6.07, 6.45) is 1.03. The smallest absolute Gasteiger partial charge is 0.323 e. The van der Waals surface area contributed by atoms with Gasteiger partial charge < -0.3 is 10.1 Å². The summed E-state index contributed by atoms with van der Waals surface area (Å²) in [5, 5.41) is 3.38. The van der Waals surface area contributed by atoms with Gasteiger partial charge in [0.1, 0.15) is 6.04 Å². The van der Waals surface area contributed by atoms with Crippen LogP contribution < -0.4 is 5.32 Å². The molecule has 90 valence electrons. The van der Waals surface area contributed by atoms with Crippen LogP contribution in [0, 0.1) is 11.8 Å². The molecule has 3 nitrogen and oxygen atoms in total. The van der Waals surface area contributed by atoms with Crippen LogP contribution in [0.15, 0.2) is 0 Å². The minimum absolute atomic E-state index is 0.163. The number of methoxy groups -OCH3 is 1. The highest BCUT2D eigenvalue weighted by Gasteiger charge is 2.26. The number of hydrogen-bond donors (Lipinski definition) is 1. The molecule has 2 unspecified atom stereocenters. The number of hydrogen-bond acceptors (Lipinski definition) is 3. The molecule has 0 aliphatic rings. The molecule has 15 heavy (non-hydrogen) atoms. The number of nitrogens with one attached hydrogen (secondary N) is 1. The molecule has 1 N–H and O–H groups in total. The highest BCUT2D eigenvalue weighted by molar-refractivity contribution is 5.75. The van der Waals surface area contributed by atoms with Crippen molar-refractivity contribution in [2.24, 2.45) is 11.8 Å². The molecule has 0 amide bonds. The van der Waals surface area contributed by atoms with Crippen LogP contribution in [0.5, 0.6) is 0 Å². The Morgan fingerprint density at radius 3 is 2.00 bits per heavy atom. The van der Waals surface area contributed by atoms with Crippen molar-refractivity contribution in [1.29, 1.82) is 0 Å². The molecule has 0 bridgehead atoms. The lowest BCUT2D eigenvalue weighted by Gasteiger charge is -2.28. The zero-order valence-corrected chi connectivity index (χ0v) is 10.8. The van der Waals surface area contributed by atoms with Gasteiger partial charge in [-0.1, -0.05) is 34.6 Å². The predicted octanol–water partition coefficient (Wildman–Crippen LogP) is 2.21. The van der Waals surface area contributed by atoms with Gasteiger partial charge in [-0.25, -0.2) is 0 Å². The third kappa shape index (κ3) is 4.65. The monoisotopic (exact) mass is 215 g/mol. The van der Waals surface area contributed by atoms with Crippen LogP contribution in [-0.4, -0.2) is 25.2 Å². The zero-order valence-electron chi connectivity index (χ0n) is 10.8. The van der Waals surface area contributed by atoms with Crippen molar-refractivity contribution in [3.8, 4) is 0 Å². The third-order valence-corrected chi connectivity index (χ3v) is 2.76. The second kappa shape index (κ2) is 6.83. The van der Waals surface area contributed by atoms with Gasteiger partial charge >= 0.3 is 5.97 Å². The van der Waals surface area contributed by atoms with Crippen LogP contribution >= 0.6 is 0 Å². The van der Waals surface area contributed by atoms with E-state index in [1.807, 2.05) is 13.8 Å². The summed E-state index contributed by atoms with van der Waals surface area (Å²) in [7, 11) is 1.44. The Bertz CT molecular complexity index is 190. The molecule has 0 fully saturated rings. The zero-order chi connectivity index (χ0) is 12.0. The van der Waals surface area contributed by atoms with E-state index in [0.717, 1.165) is 6.42 Å². The number of rotatable bonds is 6. The summed E-state index contributed by atoms with van der Waals surface area (Å²) in [5.41, 5.74) is 0. The van der Waals surface area contributed by atoms with Gasteiger partial charge in [0, 0.05) is 6.04 Å². The molecule has 0 aromatic rings. The van der Waals surface area contributed by atoms with Crippen LogP contribution in [0.3, 0.4) is 0 Å². The lowest BCUT2D eigenvalue weighted by molar-refractivity contribution is -0.144. The number of ether oxygens (including phenoxy) is 1. The molecule has 0 rings (SSSR count). The lowest BCUT2D eigenvalue weighted by Crippen LogP contribution is -2.48. The summed E-state index contributed by atoms with van der Waals surface area (Å²) in [6.45, 7) is 10.5. The van der Waals surface area contributed by atoms with Gasteiger partial charge in [-0.2, -0.15) is 0 Å². The quantitative estimate of drug-likeness (QED) is 0.690. The summed E-state index contributed by atoms with van der Waals surface area (Å²) < 4.78 is 4.80. The fourth-order valence-corrected chi connectivity index (χ4v) is 1.67. The van der Waals surface area contributed by atoms with E-state index in [4.69, 9.17) is 4.74 Å². The molecule has 0 aliphatic heterocycles. The Morgan fingerprint density at radius 1 is 1.20 bits per heavy atom. The topological polar surface area (TPSA) is 38.3 Å². The maximum atomic E-state index is 11.5. The predicted molar refractivity (Wildman–Crippen MR) is 62.7 cm³/mol. The van der Waals surface area contributed by atoms with E-state index in [0.29, 0.717) is 12.0 Å². The highest BCUT2D eigenvalue weighted by Crippen LogP contribution is 2.11. The van der Waals surface area contributed by atoms with E-state index in [9.17, 15) is 4.79 Å². The maximum Gasteiger partial charge on any atom is 0.323 e. The fourth-order valence-electron chi connectivity index (χ4n) is 1.67. The SMILES string of the molecule is CCC(NC(C(=O)OC)C(C)C)C(C)C. The summed E-state index contributed by atoms with van der Waals surface area (Å²) in [6, 6.07) is 0.179. The first kappa shape index (κ1) is 14.4. The molecule has 2 atom stereocenters. The van der Waals surface area contributed by atoms with Crippen molar-refractivity contribution in [3.63, 3.8) is 0 Å². The summed E-state index contributed by atoms with van der Waals surface area (Å²) in [4.78, 5) is 11.5. The Balaban J connectivity index is 4.45. The van der Waals surface area contributed by atoms with Gasteiger partial charge in [0.05, 0.1) is 7.11 Å². The summed E-state index contributed by atoms with van der Waals surface area (Å²) in [5.74, 6) is 0.621. The fraction of sp³-hybridized carbons (Fsp3) is 0.917. The molecule has 0 aromatic carbocycles. The molecule has 0 spiro atoms. The second-order valence-electron chi connectivity index (χ2n) is 4.67. The molecule has 0 radical (unpaired) electrons. The Labute approximate surface area is 93.6 Å². The van der Waals surface area contributed by atoms with Gasteiger partial charge in [-0.3, -0.25) is 4.79 Å². The molecule has 3 heteroatoms. The molecule has 0 aliphatic carbocycles. The van der Waals surface area contributed by atoms with Gasteiger partial charge in [0.25, 0.3) is 0 Å².